The second-order valence-electron chi connectivity index (χ2n) is 5.65. The molecular weight excluding hydrogens is 236 g/mol. The first-order valence-electron chi connectivity index (χ1n) is 7.22. The van der Waals surface area contributed by atoms with Crippen molar-refractivity contribution in [2.75, 3.05) is 33.3 Å². The summed E-state index contributed by atoms with van der Waals surface area (Å²) in [6.45, 7) is 9.29. The molecule has 0 radical (unpaired) electrons. The molecule has 2 rings (SSSR count). The Bertz CT molecular complexity index is 400. The lowest BCUT2D eigenvalue weighted by Gasteiger charge is -2.26. The van der Waals surface area contributed by atoms with Crippen LogP contribution in [0, 0.1) is 13.8 Å². The monoisotopic (exact) mass is 262 g/mol. The fraction of sp³-hybridized carbons (Fsp3) is 0.625. The number of ether oxygens (including phenoxy) is 1. The summed E-state index contributed by atoms with van der Waals surface area (Å²) in [5.41, 5.74) is 4.16. The van der Waals surface area contributed by atoms with Crippen molar-refractivity contribution in [1.82, 2.24) is 10.2 Å². The summed E-state index contributed by atoms with van der Waals surface area (Å²) in [5.74, 6) is 0. The molecule has 0 amide bonds. The van der Waals surface area contributed by atoms with Crippen LogP contribution in [0.5, 0.6) is 0 Å². The number of nitrogens with one attached hydrogen (secondary N) is 1. The molecular formula is C16H26N2O. The van der Waals surface area contributed by atoms with E-state index in [0.29, 0.717) is 6.10 Å². The summed E-state index contributed by atoms with van der Waals surface area (Å²) in [5, 5.41) is 3.38. The molecule has 1 N–H and O–H groups in total. The van der Waals surface area contributed by atoms with Gasteiger partial charge in [0.1, 0.15) is 0 Å². The standard InChI is InChI=1S/C16H26N2O/c1-13-4-5-15(14(2)10-13)12-18(3)8-6-16-11-17-7-9-19-16/h4-5,10,16-17H,6-9,11-12H2,1-3H3. The lowest BCUT2D eigenvalue weighted by Crippen LogP contribution is -2.40. The van der Waals surface area contributed by atoms with Crippen molar-refractivity contribution in [3.63, 3.8) is 0 Å². The highest BCUT2D eigenvalue weighted by atomic mass is 16.5. The molecule has 1 atom stereocenters. The highest BCUT2D eigenvalue weighted by Gasteiger charge is 2.14. The van der Waals surface area contributed by atoms with Crippen LogP contribution in [-0.2, 0) is 11.3 Å². The summed E-state index contributed by atoms with van der Waals surface area (Å²) in [6.07, 6.45) is 1.49. The van der Waals surface area contributed by atoms with Gasteiger partial charge < -0.3 is 15.0 Å². The molecule has 1 aromatic rings. The highest BCUT2D eigenvalue weighted by Crippen LogP contribution is 2.13. The average molecular weight is 262 g/mol. The zero-order valence-electron chi connectivity index (χ0n) is 12.4. The summed E-state index contributed by atoms with van der Waals surface area (Å²) in [7, 11) is 2.19. The number of benzene rings is 1. The highest BCUT2D eigenvalue weighted by molar-refractivity contribution is 5.30. The summed E-state index contributed by atoms with van der Waals surface area (Å²) in [4.78, 5) is 2.38. The van der Waals surface area contributed by atoms with Crippen LogP contribution in [0.1, 0.15) is 23.1 Å². The van der Waals surface area contributed by atoms with E-state index in [1.54, 1.807) is 0 Å². The van der Waals surface area contributed by atoms with E-state index in [0.717, 1.165) is 39.2 Å². The largest absolute Gasteiger partial charge is 0.376 e. The maximum absolute atomic E-state index is 5.73. The Balaban J connectivity index is 1.78. The zero-order valence-corrected chi connectivity index (χ0v) is 12.4. The average Bonchev–Trinajstić information content (AvgIpc) is 2.41. The van der Waals surface area contributed by atoms with Crippen LogP contribution in [0.4, 0.5) is 0 Å². The first kappa shape index (κ1) is 14.5. The van der Waals surface area contributed by atoms with Crippen molar-refractivity contribution in [1.29, 1.82) is 0 Å². The third kappa shape index (κ3) is 4.60. The number of aryl methyl sites for hydroxylation is 2. The molecule has 19 heavy (non-hydrogen) atoms. The molecule has 0 bridgehead atoms. The van der Waals surface area contributed by atoms with Crippen LogP contribution in [0.2, 0.25) is 0 Å². The van der Waals surface area contributed by atoms with Crippen molar-refractivity contribution in [3.8, 4) is 0 Å². The predicted molar refractivity (Wildman–Crippen MR) is 79.5 cm³/mol. The Hall–Kier alpha value is -0.900. The van der Waals surface area contributed by atoms with E-state index in [4.69, 9.17) is 4.74 Å². The van der Waals surface area contributed by atoms with Gasteiger partial charge in [0.2, 0.25) is 0 Å². The van der Waals surface area contributed by atoms with Crippen LogP contribution >= 0.6 is 0 Å². The first-order valence-corrected chi connectivity index (χ1v) is 7.22. The maximum atomic E-state index is 5.73. The van der Waals surface area contributed by atoms with Gasteiger partial charge in [0, 0.05) is 26.2 Å². The molecule has 3 heteroatoms. The lowest BCUT2D eigenvalue weighted by atomic mass is 10.1. The SMILES string of the molecule is Cc1ccc(CN(C)CCC2CNCCO2)c(C)c1. The van der Waals surface area contributed by atoms with E-state index in [1.807, 2.05) is 0 Å². The third-order valence-electron chi connectivity index (χ3n) is 3.78. The molecule has 106 valence electrons. The van der Waals surface area contributed by atoms with Gasteiger partial charge in [-0.05, 0) is 38.4 Å². The molecule has 3 nitrogen and oxygen atoms in total. The van der Waals surface area contributed by atoms with Crippen LogP contribution in [0.25, 0.3) is 0 Å². The van der Waals surface area contributed by atoms with Crippen molar-refractivity contribution < 1.29 is 4.74 Å². The molecule has 0 spiro atoms. The first-order chi connectivity index (χ1) is 9.15. The van der Waals surface area contributed by atoms with E-state index < -0.39 is 0 Å². The summed E-state index contributed by atoms with van der Waals surface area (Å²) < 4.78 is 5.73. The van der Waals surface area contributed by atoms with Crippen LogP contribution < -0.4 is 5.32 Å². The normalized spacial score (nSPS) is 19.9. The fourth-order valence-electron chi connectivity index (χ4n) is 2.56. The number of nitrogens with zero attached hydrogens (tertiary/aromatic N) is 1. The molecule has 1 unspecified atom stereocenters. The van der Waals surface area contributed by atoms with Crippen molar-refractivity contribution in [2.45, 2.75) is 32.9 Å². The van der Waals surface area contributed by atoms with Gasteiger partial charge in [0.15, 0.2) is 0 Å². The maximum Gasteiger partial charge on any atom is 0.0712 e. The molecule has 1 saturated heterocycles. The van der Waals surface area contributed by atoms with Gasteiger partial charge in [-0.2, -0.15) is 0 Å². The Morgan fingerprint density at radius 1 is 1.37 bits per heavy atom. The van der Waals surface area contributed by atoms with Gasteiger partial charge in [0.25, 0.3) is 0 Å². The number of hydrogen-bond acceptors (Lipinski definition) is 3. The van der Waals surface area contributed by atoms with Gasteiger partial charge in [-0.3, -0.25) is 0 Å². The fourth-order valence-corrected chi connectivity index (χ4v) is 2.56. The predicted octanol–water partition coefficient (Wildman–Crippen LogP) is 2.11. The zero-order chi connectivity index (χ0) is 13.7. The minimum absolute atomic E-state index is 0.385. The molecule has 1 fully saturated rings. The molecule has 0 saturated carbocycles. The van der Waals surface area contributed by atoms with E-state index in [9.17, 15) is 0 Å². The van der Waals surface area contributed by atoms with Crippen LogP contribution in [0.3, 0.4) is 0 Å². The van der Waals surface area contributed by atoms with Crippen molar-refractivity contribution >= 4 is 0 Å². The minimum atomic E-state index is 0.385. The molecule has 1 heterocycles. The second kappa shape index (κ2) is 7.04. The van der Waals surface area contributed by atoms with E-state index >= 15 is 0 Å². The van der Waals surface area contributed by atoms with Gasteiger partial charge in [0.05, 0.1) is 12.7 Å². The Morgan fingerprint density at radius 2 is 2.21 bits per heavy atom. The molecule has 1 aliphatic rings. The smallest absolute Gasteiger partial charge is 0.0712 e. The van der Waals surface area contributed by atoms with E-state index in [2.05, 4.69) is 49.3 Å². The Kier molecular flexibility index (Phi) is 5.37. The second-order valence-corrected chi connectivity index (χ2v) is 5.65. The van der Waals surface area contributed by atoms with Crippen LogP contribution in [-0.4, -0.2) is 44.3 Å². The van der Waals surface area contributed by atoms with Gasteiger partial charge in [-0.1, -0.05) is 23.8 Å². The van der Waals surface area contributed by atoms with Gasteiger partial charge in [-0.25, -0.2) is 0 Å². The minimum Gasteiger partial charge on any atom is -0.376 e. The van der Waals surface area contributed by atoms with Crippen molar-refractivity contribution in [2.24, 2.45) is 0 Å². The summed E-state index contributed by atoms with van der Waals surface area (Å²) >= 11 is 0. The molecule has 1 aliphatic heterocycles. The lowest BCUT2D eigenvalue weighted by molar-refractivity contribution is 0.0184. The Labute approximate surface area is 116 Å². The molecule has 1 aromatic carbocycles. The topological polar surface area (TPSA) is 24.5 Å². The number of hydrogen-bond donors (Lipinski definition) is 1. The molecule has 0 aromatic heterocycles. The third-order valence-corrected chi connectivity index (χ3v) is 3.78. The van der Waals surface area contributed by atoms with Crippen molar-refractivity contribution in [3.05, 3.63) is 34.9 Å². The van der Waals surface area contributed by atoms with Crippen LogP contribution in [0.15, 0.2) is 18.2 Å². The summed E-state index contributed by atoms with van der Waals surface area (Å²) in [6, 6.07) is 6.71. The number of rotatable bonds is 5. The number of morpholine rings is 1. The Morgan fingerprint density at radius 3 is 2.89 bits per heavy atom. The van der Waals surface area contributed by atoms with Gasteiger partial charge >= 0.3 is 0 Å². The molecule has 0 aliphatic carbocycles. The quantitative estimate of drug-likeness (QED) is 0.879. The van der Waals surface area contributed by atoms with Gasteiger partial charge in [-0.15, -0.1) is 0 Å². The van der Waals surface area contributed by atoms with E-state index in [-0.39, 0.29) is 0 Å². The van der Waals surface area contributed by atoms with E-state index in [1.165, 1.54) is 16.7 Å².